The number of ether oxygens (including phenoxy) is 2. The molecule has 0 aliphatic carbocycles. The number of nitrogens with one attached hydrogen (secondary N) is 1. The number of hydrogen-bond acceptors (Lipinski definition) is 7. The largest absolute Gasteiger partial charge is 0.513 e. The Labute approximate surface area is 163 Å². The molecular weight excluding hydrogens is 366 g/mol. The van der Waals surface area contributed by atoms with Crippen LogP contribution in [0.15, 0.2) is 29.9 Å². The average Bonchev–Trinajstić information content (AvgIpc) is 2.98. The van der Waals surface area contributed by atoms with E-state index in [1.165, 1.54) is 11.3 Å². The molecule has 2 heterocycles. The van der Waals surface area contributed by atoms with Crippen LogP contribution in [-0.2, 0) is 6.42 Å². The lowest BCUT2D eigenvalue weighted by atomic mass is 10.2. The first kappa shape index (κ1) is 20.7. The van der Waals surface area contributed by atoms with E-state index in [1.807, 2.05) is 27.7 Å². The standard InChI is InChI=1S/C19H25N3O4S/c1-11(2)9-25-16-7-14(8-17(21-16)26-12(3)4)18(24)22-19-20-15(10-27-19)6-13(5)23/h7-8,10-12,23H,5-6,9H2,1-4H3,(H,20,22,24). The summed E-state index contributed by atoms with van der Waals surface area (Å²) in [6.07, 6.45) is 0.170. The van der Waals surface area contributed by atoms with E-state index in [0.717, 1.165) is 0 Å². The molecule has 2 aromatic rings. The van der Waals surface area contributed by atoms with Gasteiger partial charge < -0.3 is 14.6 Å². The third kappa shape index (κ3) is 6.90. The zero-order chi connectivity index (χ0) is 20.0. The molecule has 0 spiro atoms. The first-order chi connectivity index (χ1) is 12.7. The van der Waals surface area contributed by atoms with Crippen molar-refractivity contribution >= 4 is 22.4 Å². The van der Waals surface area contributed by atoms with Crippen molar-refractivity contribution in [1.29, 1.82) is 0 Å². The van der Waals surface area contributed by atoms with Crippen LogP contribution in [0.1, 0.15) is 43.7 Å². The fourth-order valence-corrected chi connectivity index (χ4v) is 2.77. The van der Waals surface area contributed by atoms with E-state index >= 15 is 0 Å². The van der Waals surface area contributed by atoms with Crippen molar-refractivity contribution in [2.45, 2.75) is 40.2 Å². The normalized spacial score (nSPS) is 10.9. The predicted octanol–water partition coefficient (Wildman–Crippen LogP) is 4.23. The molecule has 0 aliphatic heterocycles. The predicted molar refractivity (Wildman–Crippen MR) is 106 cm³/mol. The van der Waals surface area contributed by atoms with Crippen molar-refractivity contribution in [3.63, 3.8) is 0 Å². The maximum absolute atomic E-state index is 12.6. The van der Waals surface area contributed by atoms with E-state index in [0.29, 0.717) is 40.7 Å². The molecule has 2 aromatic heterocycles. The number of aromatic nitrogens is 2. The van der Waals surface area contributed by atoms with Gasteiger partial charge in [-0.3, -0.25) is 10.1 Å². The van der Waals surface area contributed by atoms with Crippen LogP contribution in [0.25, 0.3) is 0 Å². The van der Waals surface area contributed by atoms with E-state index in [2.05, 4.69) is 21.9 Å². The van der Waals surface area contributed by atoms with Crippen LogP contribution in [0.4, 0.5) is 5.13 Å². The Morgan fingerprint density at radius 1 is 1.26 bits per heavy atom. The molecule has 2 N–H and O–H groups in total. The molecule has 0 aliphatic rings. The number of pyridine rings is 1. The van der Waals surface area contributed by atoms with Crippen LogP contribution in [0.2, 0.25) is 0 Å². The highest BCUT2D eigenvalue weighted by molar-refractivity contribution is 7.14. The Bertz CT molecular complexity index is 802. The lowest BCUT2D eigenvalue weighted by Gasteiger charge is -2.13. The number of amides is 1. The third-order valence-corrected chi connectivity index (χ3v) is 3.93. The molecule has 0 atom stereocenters. The fraction of sp³-hybridized carbons (Fsp3) is 0.421. The number of hydrogen-bond donors (Lipinski definition) is 2. The maximum atomic E-state index is 12.6. The van der Waals surface area contributed by atoms with Gasteiger partial charge >= 0.3 is 0 Å². The molecule has 0 saturated carbocycles. The van der Waals surface area contributed by atoms with Gasteiger partial charge in [-0.05, 0) is 19.8 Å². The van der Waals surface area contributed by atoms with Gasteiger partial charge in [-0.25, -0.2) is 4.98 Å². The number of aliphatic hydroxyl groups excluding tert-OH is 1. The summed E-state index contributed by atoms with van der Waals surface area (Å²) in [7, 11) is 0. The van der Waals surface area contributed by atoms with E-state index in [-0.39, 0.29) is 24.2 Å². The van der Waals surface area contributed by atoms with E-state index < -0.39 is 0 Å². The van der Waals surface area contributed by atoms with Gasteiger partial charge in [0.05, 0.1) is 29.7 Å². The monoisotopic (exact) mass is 391 g/mol. The van der Waals surface area contributed by atoms with Crippen LogP contribution in [0.5, 0.6) is 11.8 Å². The number of carbonyl (C=O) groups excluding carboxylic acids is 1. The maximum Gasteiger partial charge on any atom is 0.257 e. The lowest BCUT2D eigenvalue weighted by molar-refractivity contribution is 0.102. The topological polar surface area (TPSA) is 93.6 Å². The Morgan fingerprint density at radius 2 is 1.96 bits per heavy atom. The molecule has 0 aromatic carbocycles. The summed E-state index contributed by atoms with van der Waals surface area (Å²) >= 11 is 1.27. The number of aliphatic hydroxyl groups is 1. The molecule has 8 heteroatoms. The quantitative estimate of drug-likeness (QED) is 0.622. The minimum Gasteiger partial charge on any atom is -0.513 e. The number of rotatable bonds is 9. The first-order valence-corrected chi connectivity index (χ1v) is 9.55. The highest BCUT2D eigenvalue weighted by Gasteiger charge is 2.15. The Balaban J connectivity index is 2.18. The van der Waals surface area contributed by atoms with Crippen LogP contribution < -0.4 is 14.8 Å². The molecule has 2 rings (SSSR count). The molecule has 0 fully saturated rings. The van der Waals surface area contributed by atoms with Gasteiger partial charge in [0.1, 0.15) is 0 Å². The van der Waals surface area contributed by atoms with Crippen molar-refractivity contribution in [3.8, 4) is 11.8 Å². The molecule has 0 unspecified atom stereocenters. The van der Waals surface area contributed by atoms with Crippen LogP contribution in [0, 0.1) is 5.92 Å². The smallest absolute Gasteiger partial charge is 0.257 e. The van der Waals surface area contributed by atoms with Crippen molar-refractivity contribution in [1.82, 2.24) is 9.97 Å². The molecule has 7 nitrogen and oxygen atoms in total. The van der Waals surface area contributed by atoms with Gasteiger partial charge in [0.25, 0.3) is 5.91 Å². The van der Waals surface area contributed by atoms with Crippen LogP contribution >= 0.6 is 11.3 Å². The summed E-state index contributed by atoms with van der Waals surface area (Å²) in [6, 6.07) is 3.15. The van der Waals surface area contributed by atoms with E-state index in [9.17, 15) is 9.90 Å². The lowest BCUT2D eigenvalue weighted by Crippen LogP contribution is -2.15. The van der Waals surface area contributed by atoms with Crippen molar-refractivity contribution in [3.05, 3.63) is 41.1 Å². The van der Waals surface area contributed by atoms with Gasteiger partial charge in [-0.1, -0.05) is 20.4 Å². The zero-order valence-electron chi connectivity index (χ0n) is 16.0. The number of allylic oxidation sites excluding steroid dienone is 1. The Morgan fingerprint density at radius 3 is 2.59 bits per heavy atom. The van der Waals surface area contributed by atoms with Gasteiger partial charge in [0.2, 0.25) is 11.8 Å². The summed E-state index contributed by atoms with van der Waals surface area (Å²) < 4.78 is 11.3. The third-order valence-electron chi connectivity index (χ3n) is 3.12. The second-order valence-corrected chi connectivity index (χ2v) is 7.60. The molecule has 0 bridgehead atoms. The summed E-state index contributed by atoms with van der Waals surface area (Å²) in [4.78, 5) is 21.2. The minimum atomic E-state index is -0.343. The van der Waals surface area contributed by atoms with Crippen molar-refractivity contribution in [2.24, 2.45) is 5.92 Å². The highest BCUT2D eigenvalue weighted by atomic mass is 32.1. The van der Waals surface area contributed by atoms with Gasteiger partial charge in [-0.2, -0.15) is 4.98 Å². The number of thiazole rings is 1. The van der Waals surface area contributed by atoms with Gasteiger partial charge in [-0.15, -0.1) is 11.3 Å². The SMILES string of the molecule is C=C(O)Cc1csc(NC(=O)c2cc(OCC(C)C)nc(OC(C)C)c2)n1. The number of carbonyl (C=O) groups is 1. The molecule has 27 heavy (non-hydrogen) atoms. The van der Waals surface area contributed by atoms with E-state index in [4.69, 9.17) is 9.47 Å². The fourth-order valence-electron chi connectivity index (χ4n) is 2.06. The van der Waals surface area contributed by atoms with Crippen LogP contribution in [-0.4, -0.2) is 33.7 Å². The summed E-state index contributed by atoms with van der Waals surface area (Å²) in [5, 5.41) is 14.2. The first-order valence-electron chi connectivity index (χ1n) is 8.67. The summed E-state index contributed by atoms with van der Waals surface area (Å²) in [6.45, 7) is 11.8. The minimum absolute atomic E-state index is 0.0229. The second-order valence-electron chi connectivity index (χ2n) is 6.74. The molecule has 0 saturated heterocycles. The number of anilines is 1. The second kappa shape index (κ2) is 9.36. The molecular formula is C19H25N3O4S. The van der Waals surface area contributed by atoms with Gasteiger partial charge in [0.15, 0.2) is 5.13 Å². The Kier molecular flexibility index (Phi) is 7.18. The molecule has 146 valence electrons. The van der Waals surface area contributed by atoms with Crippen molar-refractivity contribution < 1.29 is 19.4 Å². The van der Waals surface area contributed by atoms with Crippen molar-refractivity contribution in [2.75, 3.05) is 11.9 Å². The zero-order valence-corrected chi connectivity index (χ0v) is 16.8. The molecule has 1 amide bonds. The van der Waals surface area contributed by atoms with E-state index in [1.54, 1.807) is 17.5 Å². The van der Waals surface area contributed by atoms with Crippen LogP contribution in [0.3, 0.4) is 0 Å². The average molecular weight is 391 g/mol. The number of nitrogens with zero attached hydrogens (tertiary/aromatic N) is 2. The summed E-state index contributed by atoms with van der Waals surface area (Å²) in [5.41, 5.74) is 1.00. The highest BCUT2D eigenvalue weighted by Crippen LogP contribution is 2.22. The van der Waals surface area contributed by atoms with Gasteiger partial charge in [0, 0.05) is 23.9 Å². The Hall–Kier alpha value is -2.61. The summed E-state index contributed by atoms with van der Waals surface area (Å²) in [5.74, 6) is 0.670. The molecule has 0 radical (unpaired) electrons.